The quantitative estimate of drug-likeness (QED) is 0.635. The molecule has 0 radical (unpaired) electrons. The van der Waals surface area contributed by atoms with Crippen LogP contribution in [0.4, 0.5) is 0 Å². The van der Waals surface area contributed by atoms with Crippen molar-refractivity contribution in [1.82, 2.24) is 4.90 Å². The van der Waals surface area contributed by atoms with Gasteiger partial charge in [-0.05, 0) is 18.2 Å². The van der Waals surface area contributed by atoms with Gasteiger partial charge in [0.05, 0.1) is 11.8 Å². The molecule has 1 aromatic rings. The predicted molar refractivity (Wildman–Crippen MR) is 60.6 cm³/mol. The van der Waals surface area contributed by atoms with Crippen LogP contribution in [0.25, 0.3) is 6.08 Å². The fourth-order valence-electron chi connectivity index (χ4n) is 1.79. The van der Waals surface area contributed by atoms with Gasteiger partial charge in [-0.1, -0.05) is 0 Å². The van der Waals surface area contributed by atoms with Gasteiger partial charge in [-0.25, -0.2) is 4.79 Å². The molecule has 0 aromatic carbocycles. The first-order valence-electron chi connectivity index (χ1n) is 4.86. The third-order valence-electron chi connectivity index (χ3n) is 2.59. The van der Waals surface area contributed by atoms with Crippen LogP contribution in [0.5, 0.6) is 0 Å². The molecule has 2 aliphatic heterocycles. The first-order chi connectivity index (χ1) is 8.18. The number of thioether (sulfide) groups is 1. The molecule has 5 nitrogen and oxygen atoms in total. The van der Waals surface area contributed by atoms with Crippen molar-refractivity contribution in [2.45, 2.75) is 5.37 Å². The maximum atomic E-state index is 11.8. The average molecular weight is 249 g/mol. The van der Waals surface area contributed by atoms with Gasteiger partial charge in [-0.15, -0.1) is 11.8 Å². The zero-order valence-electron chi connectivity index (χ0n) is 8.49. The first kappa shape index (κ1) is 10.2. The third kappa shape index (κ3) is 1.41. The summed E-state index contributed by atoms with van der Waals surface area (Å²) in [5.74, 6) is -0.757. The lowest BCUT2D eigenvalue weighted by Crippen LogP contribution is -2.51. The number of fused-ring (bicyclic) bond motifs is 1. The first-order valence-corrected chi connectivity index (χ1v) is 5.80. The number of carboxylic acids is 1. The maximum absolute atomic E-state index is 11.8. The molecule has 0 aliphatic carbocycles. The van der Waals surface area contributed by atoms with E-state index in [1.54, 1.807) is 18.2 Å². The summed E-state index contributed by atoms with van der Waals surface area (Å²) in [6, 6.07) is 3.48. The molecule has 6 heteroatoms. The second-order valence-electron chi connectivity index (χ2n) is 3.59. The van der Waals surface area contributed by atoms with Gasteiger partial charge < -0.3 is 9.52 Å². The Hall–Kier alpha value is -1.95. The fourth-order valence-corrected chi connectivity index (χ4v) is 2.91. The smallest absolute Gasteiger partial charge is 0.353 e. The lowest BCUT2D eigenvalue weighted by Gasteiger charge is -2.36. The summed E-state index contributed by atoms with van der Waals surface area (Å²) in [4.78, 5) is 23.9. The van der Waals surface area contributed by atoms with Crippen LogP contribution in [0.3, 0.4) is 0 Å². The molecular weight excluding hydrogens is 242 g/mol. The molecule has 1 aromatic heterocycles. The van der Waals surface area contributed by atoms with E-state index in [1.165, 1.54) is 28.3 Å². The molecule has 1 N–H and O–H groups in total. The number of rotatable bonds is 2. The van der Waals surface area contributed by atoms with Crippen molar-refractivity contribution < 1.29 is 19.1 Å². The Morgan fingerprint density at radius 3 is 3.06 bits per heavy atom. The highest BCUT2D eigenvalue weighted by molar-refractivity contribution is 8.03. The van der Waals surface area contributed by atoms with Crippen LogP contribution in [0.1, 0.15) is 5.76 Å². The summed E-state index contributed by atoms with van der Waals surface area (Å²) < 4.78 is 5.12. The molecule has 0 saturated carbocycles. The second kappa shape index (κ2) is 3.53. The number of nitrogens with zero attached hydrogens (tertiary/aromatic N) is 1. The largest absolute Gasteiger partial charge is 0.477 e. The topological polar surface area (TPSA) is 70.7 Å². The second-order valence-corrected chi connectivity index (χ2v) is 4.54. The highest BCUT2D eigenvalue weighted by atomic mass is 32.2. The number of carboxylic acid groups (broad SMARTS) is 1. The van der Waals surface area contributed by atoms with Crippen molar-refractivity contribution >= 4 is 29.7 Å². The van der Waals surface area contributed by atoms with Crippen LogP contribution in [0.2, 0.25) is 0 Å². The van der Waals surface area contributed by atoms with Crippen LogP contribution in [0, 0.1) is 0 Å². The molecule has 1 amide bonds. The van der Waals surface area contributed by atoms with Crippen molar-refractivity contribution in [3.05, 3.63) is 40.8 Å². The Balaban J connectivity index is 1.87. The van der Waals surface area contributed by atoms with E-state index in [9.17, 15) is 9.59 Å². The van der Waals surface area contributed by atoms with Crippen LogP contribution in [0.15, 0.2) is 39.5 Å². The summed E-state index contributed by atoms with van der Waals surface area (Å²) in [6.45, 7) is 0. The average Bonchev–Trinajstić information content (AvgIpc) is 2.93. The van der Waals surface area contributed by atoms with Gasteiger partial charge in [0.2, 0.25) is 0 Å². The normalized spacial score (nSPS) is 24.6. The van der Waals surface area contributed by atoms with E-state index >= 15 is 0 Å². The molecule has 17 heavy (non-hydrogen) atoms. The molecule has 2 aliphatic rings. The molecule has 3 rings (SSSR count). The van der Waals surface area contributed by atoms with Crippen molar-refractivity contribution in [2.24, 2.45) is 0 Å². The number of aliphatic carboxylic acids is 1. The number of hydrogen-bond acceptors (Lipinski definition) is 4. The summed E-state index contributed by atoms with van der Waals surface area (Å²) in [7, 11) is 0. The lowest BCUT2D eigenvalue weighted by atomic mass is 10.0. The Morgan fingerprint density at radius 2 is 2.41 bits per heavy atom. The maximum Gasteiger partial charge on any atom is 0.353 e. The van der Waals surface area contributed by atoms with Gasteiger partial charge in [0.15, 0.2) is 0 Å². The number of carbonyl (C=O) groups is 2. The van der Waals surface area contributed by atoms with Crippen molar-refractivity contribution in [2.75, 3.05) is 0 Å². The van der Waals surface area contributed by atoms with Gasteiger partial charge in [0, 0.05) is 5.41 Å². The number of carbonyl (C=O) groups excluding carboxylic acids is 1. The zero-order chi connectivity index (χ0) is 12.0. The van der Waals surface area contributed by atoms with Gasteiger partial charge in [0.1, 0.15) is 16.8 Å². The van der Waals surface area contributed by atoms with E-state index in [4.69, 9.17) is 9.52 Å². The highest BCUT2D eigenvalue weighted by Gasteiger charge is 2.49. The summed E-state index contributed by atoms with van der Waals surface area (Å²) >= 11 is 1.31. The molecule has 3 heterocycles. The minimum Gasteiger partial charge on any atom is -0.477 e. The molecule has 0 spiro atoms. The summed E-state index contributed by atoms with van der Waals surface area (Å²) in [5.41, 5.74) is 0.610. The summed E-state index contributed by atoms with van der Waals surface area (Å²) in [5, 5.41) is 10.2. The molecule has 86 valence electrons. The third-order valence-corrected chi connectivity index (χ3v) is 3.68. The standard InChI is InChI=1S/C11H7NO4S/c13-9-7(4-6-2-1-3-16-6)10-12(9)8(5-17-10)11(14)15/h1-5,10H,(H,14,15)/t10-/m1/s1. The fraction of sp³-hybridized carbons (Fsp3) is 0.0909. The van der Waals surface area contributed by atoms with Crippen LogP contribution in [-0.2, 0) is 9.59 Å². The number of hydrogen-bond donors (Lipinski definition) is 1. The van der Waals surface area contributed by atoms with Crippen molar-refractivity contribution in [3.8, 4) is 0 Å². The number of β-lactam (4-membered cyclic amide) rings is 1. The summed E-state index contributed by atoms with van der Waals surface area (Å²) in [6.07, 6.45) is 3.17. The number of furan rings is 1. The van der Waals surface area contributed by atoms with Crippen LogP contribution < -0.4 is 0 Å². The molecule has 0 unspecified atom stereocenters. The monoisotopic (exact) mass is 249 g/mol. The Morgan fingerprint density at radius 1 is 1.59 bits per heavy atom. The van der Waals surface area contributed by atoms with Gasteiger partial charge in [-0.3, -0.25) is 9.69 Å². The molecule has 1 saturated heterocycles. The van der Waals surface area contributed by atoms with Crippen molar-refractivity contribution in [3.63, 3.8) is 0 Å². The lowest BCUT2D eigenvalue weighted by molar-refractivity contribution is -0.141. The minimum atomic E-state index is -1.08. The predicted octanol–water partition coefficient (Wildman–Crippen LogP) is 1.50. The molecular formula is C11H7NO4S. The van der Waals surface area contributed by atoms with Gasteiger partial charge >= 0.3 is 5.97 Å². The Bertz CT molecular complexity index is 558. The molecule has 0 bridgehead atoms. The zero-order valence-corrected chi connectivity index (χ0v) is 9.31. The van der Waals surface area contributed by atoms with E-state index in [0.29, 0.717) is 11.3 Å². The highest BCUT2D eigenvalue weighted by Crippen LogP contribution is 2.44. The molecule has 1 fully saturated rings. The number of amides is 1. The SMILES string of the molecule is O=C(O)C1=CS[C@@H]2C(=Cc3ccco3)C(=O)N12. The van der Waals surface area contributed by atoms with Crippen molar-refractivity contribution in [1.29, 1.82) is 0 Å². The van der Waals surface area contributed by atoms with E-state index in [2.05, 4.69) is 0 Å². The Labute approximate surface area is 100 Å². The minimum absolute atomic E-state index is 0.0431. The van der Waals surface area contributed by atoms with E-state index < -0.39 is 5.97 Å². The van der Waals surface area contributed by atoms with E-state index in [1.807, 2.05) is 0 Å². The van der Waals surface area contributed by atoms with Gasteiger partial charge in [0.25, 0.3) is 5.91 Å². The van der Waals surface area contributed by atoms with Crippen LogP contribution >= 0.6 is 11.8 Å². The molecule has 1 atom stereocenters. The van der Waals surface area contributed by atoms with Crippen LogP contribution in [-0.4, -0.2) is 27.3 Å². The van der Waals surface area contributed by atoms with E-state index in [0.717, 1.165) is 0 Å². The van der Waals surface area contributed by atoms with E-state index in [-0.39, 0.29) is 17.0 Å². The Kier molecular flexibility index (Phi) is 2.12. The van der Waals surface area contributed by atoms with Gasteiger partial charge in [-0.2, -0.15) is 0 Å².